The molecule has 51 heavy (non-hydrogen) atoms. The van der Waals surface area contributed by atoms with Crippen molar-refractivity contribution in [2.24, 2.45) is 22.7 Å². The fraction of sp³-hybridized carbons (Fsp3) is 0.946. The number of aliphatic hydroxyl groups excluding tert-OH is 3. The third-order valence-electron chi connectivity index (χ3n) is 11.9. The highest BCUT2D eigenvalue weighted by atomic mass is 16.7. The first-order valence-electron chi connectivity index (χ1n) is 18.7. The van der Waals surface area contributed by atoms with Gasteiger partial charge in [-0.2, -0.15) is 0 Å². The molecule has 296 valence electrons. The summed E-state index contributed by atoms with van der Waals surface area (Å²) in [6.07, 6.45) is -7.53. The summed E-state index contributed by atoms with van der Waals surface area (Å²) in [5.41, 5.74) is -3.91. The number of cyclic esters (lactones) is 1. The first-order valence-corrected chi connectivity index (χ1v) is 18.7. The minimum Gasteiger partial charge on any atom is -0.472 e. The van der Waals surface area contributed by atoms with Crippen LogP contribution in [0, 0.1) is 17.8 Å². The molecule has 14 heteroatoms. The lowest BCUT2D eigenvalue weighted by Crippen LogP contribution is -2.60. The van der Waals surface area contributed by atoms with Crippen LogP contribution in [0.4, 0.5) is 0 Å². The van der Waals surface area contributed by atoms with Crippen LogP contribution in [0.2, 0.25) is 0 Å². The normalized spacial score (nSPS) is 50.3. The van der Waals surface area contributed by atoms with E-state index in [0.717, 1.165) is 0 Å². The highest BCUT2D eigenvalue weighted by molar-refractivity contribution is 5.81. The summed E-state index contributed by atoms with van der Waals surface area (Å²) in [5, 5.41) is 45.5. The molecule has 2 bridgehead atoms. The van der Waals surface area contributed by atoms with Crippen LogP contribution in [0.5, 0.6) is 0 Å². The van der Waals surface area contributed by atoms with Gasteiger partial charge in [0.15, 0.2) is 18.5 Å². The van der Waals surface area contributed by atoms with Crippen molar-refractivity contribution in [1.82, 2.24) is 4.90 Å². The molecular weight excluding hydrogens is 664 g/mol. The molecule has 3 fully saturated rings. The molecule has 4 heterocycles. The van der Waals surface area contributed by atoms with Crippen molar-refractivity contribution in [3.63, 3.8) is 0 Å². The molecule has 0 spiro atoms. The monoisotopic (exact) mass is 730 g/mol. The zero-order valence-corrected chi connectivity index (χ0v) is 32.9. The lowest BCUT2D eigenvalue weighted by atomic mass is 9.79. The molecule has 0 aliphatic carbocycles. The van der Waals surface area contributed by atoms with Crippen LogP contribution in [0.25, 0.3) is 0 Å². The van der Waals surface area contributed by atoms with Gasteiger partial charge in [0, 0.05) is 37.8 Å². The quantitative estimate of drug-likeness (QED) is 0.281. The van der Waals surface area contributed by atoms with Crippen LogP contribution in [0.1, 0.15) is 94.9 Å². The first kappa shape index (κ1) is 42.3. The van der Waals surface area contributed by atoms with Crippen LogP contribution in [-0.2, 0) is 38.0 Å². The molecule has 0 aromatic heterocycles. The Morgan fingerprint density at radius 1 is 0.961 bits per heavy atom. The molecule has 4 N–H and O–H groups in total. The summed E-state index contributed by atoms with van der Waals surface area (Å²) in [6.45, 7) is 17.8. The molecule has 4 aliphatic rings. The van der Waals surface area contributed by atoms with Gasteiger partial charge in [0.1, 0.15) is 41.7 Å². The Balaban J connectivity index is 1.85. The molecule has 4 rings (SSSR count). The minimum absolute atomic E-state index is 0.163. The molecule has 0 saturated carbocycles. The summed E-state index contributed by atoms with van der Waals surface area (Å²) in [6, 6.07) is -1.04. The second kappa shape index (κ2) is 16.1. The number of hydrogen-bond acceptors (Lipinski definition) is 14. The van der Waals surface area contributed by atoms with Gasteiger partial charge in [-0.1, -0.05) is 20.8 Å². The van der Waals surface area contributed by atoms with Crippen LogP contribution in [0.15, 0.2) is 4.99 Å². The van der Waals surface area contributed by atoms with Gasteiger partial charge >= 0.3 is 5.97 Å². The predicted octanol–water partition coefficient (Wildman–Crippen LogP) is 2.41. The number of likely N-dealkylation sites (N-methyl/N-ethyl adjacent to an activating group) is 1. The number of nitrogens with zero attached hydrogens (tertiary/aromatic N) is 2. The molecule has 0 radical (unpaired) electrons. The molecular formula is C37H66N2O12. The van der Waals surface area contributed by atoms with Crippen molar-refractivity contribution < 1.29 is 58.4 Å². The van der Waals surface area contributed by atoms with Crippen molar-refractivity contribution in [1.29, 1.82) is 0 Å². The van der Waals surface area contributed by atoms with Crippen LogP contribution >= 0.6 is 0 Å². The number of carbonyl (C=O) groups is 1. The molecule has 8 unspecified atom stereocenters. The third-order valence-corrected chi connectivity index (χ3v) is 11.9. The van der Waals surface area contributed by atoms with Gasteiger partial charge in [0.05, 0.1) is 35.9 Å². The molecule has 0 aromatic carbocycles. The second-order valence-electron chi connectivity index (χ2n) is 16.5. The Morgan fingerprint density at radius 3 is 2.20 bits per heavy atom. The van der Waals surface area contributed by atoms with Gasteiger partial charge < -0.3 is 58.5 Å². The van der Waals surface area contributed by atoms with E-state index >= 15 is 0 Å². The average molecular weight is 731 g/mol. The van der Waals surface area contributed by atoms with E-state index in [4.69, 9.17) is 38.2 Å². The predicted molar refractivity (Wildman–Crippen MR) is 188 cm³/mol. The fourth-order valence-electron chi connectivity index (χ4n) is 8.61. The zero-order valence-electron chi connectivity index (χ0n) is 32.9. The number of esters is 1. The number of rotatable bonds is 7. The van der Waals surface area contributed by atoms with E-state index < -0.39 is 96.0 Å². The van der Waals surface area contributed by atoms with Gasteiger partial charge in [0.25, 0.3) is 0 Å². The number of hydrogen-bond donors (Lipinski definition) is 4. The summed E-state index contributed by atoms with van der Waals surface area (Å²) < 4.78 is 44.5. The third kappa shape index (κ3) is 8.60. The number of aliphatic hydroxyl groups is 4. The van der Waals surface area contributed by atoms with Crippen molar-refractivity contribution in [3.05, 3.63) is 0 Å². The van der Waals surface area contributed by atoms with Crippen LogP contribution in [0.3, 0.4) is 0 Å². The van der Waals surface area contributed by atoms with Crippen LogP contribution in [-0.4, -0.2) is 149 Å². The number of methoxy groups -OCH3 is 1. The van der Waals surface area contributed by atoms with E-state index in [1.54, 1.807) is 34.6 Å². The maximum Gasteiger partial charge on any atom is 0.311 e. The zero-order chi connectivity index (χ0) is 38.4. The average Bonchev–Trinajstić information content (AvgIpc) is 3.35. The van der Waals surface area contributed by atoms with Gasteiger partial charge in [-0.15, -0.1) is 0 Å². The topological polar surface area (TPSA) is 178 Å². The van der Waals surface area contributed by atoms with Crippen molar-refractivity contribution in [2.75, 3.05) is 21.2 Å². The van der Waals surface area contributed by atoms with E-state index in [2.05, 4.69) is 0 Å². The van der Waals surface area contributed by atoms with Crippen LogP contribution < -0.4 is 0 Å². The SMILES string of the molecule is CC[C@H]1OC(=O)[C@H](C)[C@@H](OC2CC(C)(OC)C(O)C(C)O2)[C@H](C)[C@@H](OC2OC(C)CC(N(C)C)C2O)[C@@]2(C)C[C@@H](C)C(=N[C@H](C)[C@@H](O)[C@]1(C)O)O2. The van der Waals surface area contributed by atoms with E-state index in [0.29, 0.717) is 18.7 Å². The number of fused-ring (bicyclic) bond motifs is 2. The second-order valence-corrected chi connectivity index (χ2v) is 16.5. The Hall–Kier alpha value is -1.46. The Kier molecular flexibility index (Phi) is 13.4. The van der Waals surface area contributed by atoms with Gasteiger partial charge in [0.2, 0.25) is 0 Å². The highest BCUT2D eigenvalue weighted by Gasteiger charge is 2.56. The lowest BCUT2D eigenvalue weighted by Gasteiger charge is -2.48. The summed E-state index contributed by atoms with van der Waals surface area (Å²) in [4.78, 5) is 20.9. The summed E-state index contributed by atoms with van der Waals surface area (Å²) in [7, 11) is 5.33. The Bertz CT molecular complexity index is 1220. The lowest BCUT2D eigenvalue weighted by molar-refractivity contribution is -0.315. The highest BCUT2D eigenvalue weighted by Crippen LogP contribution is 2.44. The summed E-state index contributed by atoms with van der Waals surface area (Å²) in [5.74, 6) is -2.03. The smallest absolute Gasteiger partial charge is 0.311 e. The van der Waals surface area contributed by atoms with Crippen molar-refractivity contribution >= 4 is 11.9 Å². The maximum absolute atomic E-state index is 14.2. The van der Waals surface area contributed by atoms with Crippen molar-refractivity contribution in [3.8, 4) is 0 Å². The first-order chi connectivity index (χ1) is 23.6. The largest absolute Gasteiger partial charge is 0.472 e. The fourth-order valence-corrected chi connectivity index (χ4v) is 8.61. The van der Waals surface area contributed by atoms with E-state index in [1.807, 2.05) is 46.7 Å². The van der Waals surface area contributed by atoms with E-state index in [-0.39, 0.29) is 30.9 Å². The van der Waals surface area contributed by atoms with E-state index in [1.165, 1.54) is 14.0 Å². The molecule has 0 amide bonds. The Labute approximate surface area is 304 Å². The van der Waals surface area contributed by atoms with Gasteiger partial charge in [-0.05, 0) is 75.4 Å². The van der Waals surface area contributed by atoms with Gasteiger partial charge in [-0.25, -0.2) is 4.99 Å². The number of ether oxygens (including phenoxy) is 7. The standard InChI is InChI=1S/C37H66N2O12/c1-14-25-37(10,44)29(41)22(6)38-32-18(2)16-36(9,51-32)31(50-34-27(40)24(39(11)12)15-19(3)46-34)20(4)28(21(5)33(43)48-25)49-26-17-35(8,45-13)30(42)23(7)47-26/h18-31,34,40-42,44H,14-17H2,1-13H3/t18-,19?,20+,21-,22-,23?,24?,25-,26?,27?,28+,29-,30?,31-,34?,35?,36-,37-/m1/s1. The minimum atomic E-state index is -1.84. The molecule has 4 aliphatic heterocycles. The molecule has 14 nitrogen and oxygen atoms in total. The number of aliphatic imine (C=N–C) groups is 1. The summed E-state index contributed by atoms with van der Waals surface area (Å²) >= 11 is 0. The Morgan fingerprint density at radius 2 is 1.61 bits per heavy atom. The molecule has 3 saturated heterocycles. The number of carbonyl (C=O) groups excluding carboxylic acids is 1. The van der Waals surface area contributed by atoms with Gasteiger partial charge in [-0.3, -0.25) is 4.79 Å². The molecule has 0 aromatic rings. The van der Waals surface area contributed by atoms with Crippen molar-refractivity contribution in [2.45, 2.75) is 185 Å². The van der Waals surface area contributed by atoms with E-state index in [9.17, 15) is 25.2 Å². The molecule has 18 atom stereocenters. The maximum atomic E-state index is 14.2.